The standard InChI is InChI=1S/C12H16NO/c1-4-11-5-7-12(8-6-11)9-13-14-10(2)3/h5-8,10H,4H2,1-3H3. The van der Waals surface area contributed by atoms with Gasteiger partial charge in [0, 0.05) is 5.56 Å². The van der Waals surface area contributed by atoms with Crippen LogP contribution in [0.2, 0.25) is 0 Å². The second-order valence-corrected chi connectivity index (χ2v) is 3.41. The molecule has 0 saturated heterocycles. The van der Waals surface area contributed by atoms with E-state index in [1.54, 1.807) is 0 Å². The summed E-state index contributed by atoms with van der Waals surface area (Å²) in [4.78, 5) is 5.02. The van der Waals surface area contributed by atoms with E-state index in [2.05, 4.69) is 30.4 Å². The van der Waals surface area contributed by atoms with E-state index in [1.807, 2.05) is 26.0 Å². The van der Waals surface area contributed by atoms with Gasteiger partial charge in [0.2, 0.25) is 0 Å². The number of aryl methyl sites for hydroxylation is 1. The molecule has 0 N–H and O–H groups in total. The molecule has 0 unspecified atom stereocenters. The number of hydrogen-bond donors (Lipinski definition) is 0. The first kappa shape index (κ1) is 10.8. The van der Waals surface area contributed by atoms with Crippen molar-refractivity contribution < 1.29 is 4.84 Å². The molecule has 2 heteroatoms. The Labute approximate surface area is 85.6 Å². The van der Waals surface area contributed by atoms with Gasteiger partial charge < -0.3 is 4.84 Å². The van der Waals surface area contributed by atoms with Gasteiger partial charge in [0.25, 0.3) is 0 Å². The molecular weight excluding hydrogens is 174 g/mol. The molecule has 0 amide bonds. The van der Waals surface area contributed by atoms with Gasteiger partial charge >= 0.3 is 0 Å². The van der Waals surface area contributed by atoms with Crippen LogP contribution in [0.3, 0.4) is 0 Å². The van der Waals surface area contributed by atoms with Crippen LogP contribution in [0.4, 0.5) is 0 Å². The molecule has 0 aliphatic carbocycles. The average molecular weight is 190 g/mol. The highest BCUT2D eigenvalue weighted by Crippen LogP contribution is 2.03. The topological polar surface area (TPSA) is 21.6 Å². The highest BCUT2D eigenvalue weighted by molar-refractivity contribution is 5.79. The van der Waals surface area contributed by atoms with Crippen LogP contribution in [0.15, 0.2) is 29.4 Å². The molecule has 0 atom stereocenters. The molecule has 1 aromatic rings. The minimum atomic E-state index is 0.109. The van der Waals surface area contributed by atoms with Crippen molar-refractivity contribution in [3.63, 3.8) is 0 Å². The summed E-state index contributed by atoms with van der Waals surface area (Å²) in [5.41, 5.74) is 2.27. The van der Waals surface area contributed by atoms with E-state index in [4.69, 9.17) is 4.84 Å². The molecule has 2 nitrogen and oxygen atoms in total. The fraction of sp³-hybridized carbons (Fsp3) is 0.417. The lowest BCUT2D eigenvalue weighted by atomic mass is 10.1. The summed E-state index contributed by atoms with van der Waals surface area (Å²) in [6.07, 6.45) is 3.99. The van der Waals surface area contributed by atoms with Crippen molar-refractivity contribution in [1.82, 2.24) is 0 Å². The molecule has 0 heterocycles. The van der Waals surface area contributed by atoms with E-state index < -0.39 is 0 Å². The Kier molecular flexibility index (Phi) is 4.17. The van der Waals surface area contributed by atoms with Gasteiger partial charge in [-0.3, -0.25) is 0 Å². The van der Waals surface area contributed by atoms with E-state index in [0.29, 0.717) is 0 Å². The second kappa shape index (κ2) is 5.43. The van der Waals surface area contributed by atoms with Crippen molar-refractivity contribution in [3.8, 4) is 0 Å². The summed E-state index contributed by atoms with van der Waals surface area (Å²) in [5.74, 6) is 0. The lowest BCUT2D eigenvalue weighted by Crippen LogP contribution is -1.96. The van der Waals surface area contributed by atoms with Crippen molar-refractivity contribution >= 4 is 6.21 Å². The molecule has 0 aliphatic rings. The van der Waals surface area contributed by atoms with Crippen LogP contribution in [-0.4, -0.2) is 12.3 Å². The highest BCUT2D eigenvalue weighted by Gasteiger charge is 1.92. The smallest absolute Gasteiger partial charge is 0.139 e. The predicted octanol–water partition coefficient (Wildman–Crippen LogP) is 2.88. The first-order valence-corrected chi connectivity index (χ1v) is 4.93. The summed E-state index contributed by atoms with van der Waals surface area (Å²) in [7, 11) is 0. The Bertz CT molecular complexity index is 288. The zero-order valence-corrected chi connectivity index (χ0v) is 8.95. The van der Waals surface area contributed by atoms with E-state index in [9.17, 15) is 0 Å². The Morgan fingerprint density at radius 3 is 2.43 bits per heavy atom. The lowest BCUT2D eigenvalue weighted by molar-refractivity contribution is 0.0874. The monoisotopic (exact) mass is 190 g/mol. The van der Waals surface area contributed by atoms with E-state index in [1.165, 1.54) is 5.56 Å². The van der Waals surface area contributed by atoms with E-state index >= 15 is 0 Å². The maximum absolute atomic E-state index is 5.02. The van der Waals surface area contributed by atoms with Gasteiger partial charge in [-0.25, -0.2) is 0 Å². The second-order valence-electron chi connectivity index (χ2n) is 3.41. The van der Waals surface area contributed by atoms with Gasteiger partial charge in [-0.1, -0.05) is 36.3 Å². The maximum Gasteiger partial charge on any atom is 0.139 e. The largest absolute Gasteiger partial charge is 0.393 e. The molecule has 0 fully saturated rings. The molecule has 1 radical (unpaired) electrons. The van der Waals surface area contributed by atoms with Gasteiger partial charge in [-0.2, -0.15) is 0 Å². The SMILES string of the molecule is CCc1ccc(/[C]=N/OC(C)C)cc1. The van der Waals surface area contributed by atoms with Crippen LogP contribution in [0.1, 0.15) is 31.9 Å². The van der Waals surface area contributed by atoms with Crippen molar-refractivity contribution in [2.24, 2.45) is 5.16 Å². The van der Waals surface area contributed by atoms with Crippen molar-refractivity contribution in [2.45, 2.75) is 33.3 Å². The normalized spacial score (nSPS) is 11.1. The number of benzene rings is 1. The summed E-state index contributed by atoms with van der Waals surface area (Å²) in [6.45, 7) is 6.01. The zero-order valence-electron chi connectivity index (χ0n) is 8.95. The van der Waals surface area contributed by atoms with Gasteiger partial charge in [-0.05, 0) is 25.8 Å². The molecule has 0 aliphatic heterocycles. The molecular formula is C12H16NO. The van der Waals surface area contributed by atoms with Crippen LogP contribution in [0, 0.1) is 0 Å². The zero-order chi connectivity index (χ0) is 10.4. The minimum absolute atomic E-state index is 0.109. The van der Waals surface area contributed by atoms with Gasteiger partial charge in [0.15, 0.2) is 0 Å². The fourth-order valence-corrected chi connectivity index (χ4v) is 0.999. The van der Waals surface area contributed by atoms with Crippen LogP contribution < -0.4 is 0 Å². The third-order valence-electron chi connectivity index (χ3n) is 1.80. The Balaban J connectivity index is 2.55. The first-order valence-electron chi connectivity index (χ1n) is 4.93. The number of hydrogen-bond acceptors (Lipinski definition) is 2. The predicted molar refractivity (Wildman–Crippen MR) is 58.6 cm³/mol. The van der Waals surface area contributed by atoms with Gasteiger partial charge in [0.1, 0.15) is 12.3 Å². The lowest BCUT2D eigenvalue weighted by Gasteiger charge is -2.00. The number of nitrogens with zero attached hydrogens (tertiary/aromatic N) is 1. The van der Waals surface area contributed by atoms with Crippen molar-refractivity contribution in [1.29, 1.82) is 0 Å². The Hall–Kier alpha value is -1.31. The maximum atomic E-state index is 5.02. The Morgan fingerprint density at radius 1 is 1.29 bits per heavy atom. The quantitative estimate of drug-likeness (QED) is 0.528. The fourth-order valence-electron chi connectivity index (χ4n) is 0.999. The molecule has 0 bridgehead atoms. The summed E-state index contributed by atoms with van der Waals surface area (Å²) in [6, 6.07) is 8.14. The molecule has 1 aromatic carbocycles. The molecule has 1 rings (SSSR count). The highest BCUT2D eigenvalue weighted by atomic mass is 16.6. The molecule has 75 valence electrons. The minimum Gasteiger partial charge on any atom is -0.393 e. The molecule has 0 aromatic heterocycles. The van der Waals surface area contributed by atoms with Crippen LogP contribution in [0.25, 0.3) is 0 Å². The first-order chi connectivity index (χ1) is 6.72. The van der Waals surface area contributed by atoms with E-state index in [-0.39, 0.29) is 6.10 Å². The summed E-state index contributed by atoms with van der Waals surface area (Å²) in [5, 5.41) is 3.75. The van der Waals surface area contributed by atoms with E-state index in [0.717, 1.165) is 12.0 Å². The van der Waals surface area contributed by atoms with Crippen LogP contribution >= 0.6 is 0 Å². The third-order valence-corrected chi connectivity index (χ3v) is 1.80. The van der Waals surface area contributed by atoms with Crippen LogP contribution in [0.5, 0.6) is 0 Å². The van der Waals surface area contributed by atoms with Gasteiger partial charge in [-0.15, -0.1) is 0 Å². The molecule has 0 saturated carbocycles. The van der Waals surface area contributed by atoms with Crippen molar-refractivity contribution in [3.05, 3.63) is 35.4 Å². The number of rotatable bonds is 4. The average Bonchev–Trinajstić information content (AvgIpc) is 2.18. The summed E-state index contributed by atoms with van der Waals surface area (Å²) >= 11 is 0. The van der Waals surface area contributed by atoms with Gasteiger partial charge in [0.05, 0.1) is 0 Å². The summed E-state index contributed by atoms with van der Waals surface area (Å²) < 4.78 is 0. The molecule has 14 heavy (non-hydrogen) atoms. The molecule has 0 spiro atoms. The third kappa shape index (κ3) is 3.60. The van der Waals surface area contributed by atoms with Crippen molar-refractivity contribution in [2.75, 3.05) is 0 Å². The van der Waals surface area contributed by atoms with Crippen LogP contribution in [-0.2, 0) is 11.3 Å². The Morgan fingerprint density at radius 2 is 1.93 bits per heavy atom.